The minimum Gasteiger partial charge on any atom is -0.495 e. The number of ether oxygens (including phenoxy) is 1. The summed E-state index contributed by atoms with van der Waals surface area (Å²) >= 11 is 0. The van der Waals surface area contributed by atoms with Gasteiger partial charge in [0.25, 0.3) is 0 Å². The lowest BCUT2D eigenvalue weighted by Crippen LogP contribution is -1.93. The molecular weight excluding hydrogens is 200 g/mol. The first-order valence-corrected chi connectivity index (χ1v) is 5.08. The van der Waals surface area contributed by atoms with Crippen molar-refractivity contribution in [3.63, 3.8) is 0 Å². The molecule has 0 fully saturated rings. The molecule has 0 aliphatic carbocycles. The quantitative estimate of drug-likeness (QED) is 0.782. The number of nitrogen functional groups attached to an aromatic ring is 1. The first-order chi connectivity index (χ1) is 7.72. The van der Waals surface area contributed by atoms with Gasteiger partial charge < -0.3 is 10.5 Å². The summed E-state index contributed by atoms with van der Waals surface area (Å²) in [5.41, 5.74) is 9.58. The summed E-state index contributed by atoms with van der Waals surface area (Å²) in [5, 5.41) is 0. The van der Waals surface area contributed by atoms with Crippen molar-refractivity contribution < 1.29 is 4.74 Å². The number of benzene rings is 1. The molecular formula is C13H14N2O. The topological polar surface area (TPSA) is 48.1 Å². The van der Waals surface area contributed by atoms with Gasteiger partial charge in [-0.15, -0.1) is 0 Å². The number of anilines is 1. The van der Waals surface area contributed by atoms with Gasteiger partial charge in [-0.25, -0.2) is 0 Å². The molecule has 0 saturated carbocycles. The van der Waals surface area contributed by atoms with Gasteiger partial charge >= 0.3 is 0 Å². The van der Waals surface area contributed by atoms with E-state index in [1.165, 1.54) is 0 Å². The Balaban J connectivity index is 2.53. The SMILES string of the molecule is COc1cc(-c2cccnc2C)ccc1N. The molecule has 0 amide bonds. The Bertz CT molecular complexity index is 509. The summed E-state index contributed by atoms with van der Waals surface area (Å²) in [5.74, 6) is 0.695. The van der Waals surface area contributed by atoms with E-state index < -0.39 is 0 Å². The minimum absolute atomic E-state index is 0.646. The van der Waals surface area contributed by atoms with Crippen molar-refractivity contribution in [2.24, 2.45) is 0 Å². The Morgan fingerprint density at radius 3 is 2.75 bits per heavy atom. The highest BCUT2D eigenvalue weighted by Crippen LogP contribution is 2.29. The van der Waals surface area contributed by atoms with Gasteiger partial charge in [0.15, 0.2) is 0 Å². The van der Waals surface area contributed by atoms with E-state index in [0.29, 0.717) is 11.4 Å². The molecule has 0 aliphatic heterocycles. The number of aryl methyl sites for hydroxylation is 1. The summed E-state index contributed by atoms with van der Waals surface area (Å²) in [6, 6.07) is 9.71. The van der Waals surface area contributed by atoms with Gasteiger partial charge in [-0.2, -0.15) is 0 Å². The zero-order valence-corrected chi connectivity index (χ0v) is 9.40. The zero-order chi connectivity index (χ0) is 11.5. The molecule has 3 nitrogen and oxygen atoms in total. The number of hydrogen-bond donors (Lipinski definition) is 1. The van der Waals surface area contributed by atoms with Crippen LogP contribution in [0.3, 0.4) is 0 Å². The fourth-order valence-electron chi connectivity index (χ4n) is 1.67. The molecule has 1 aromatic carbocycles. The molecule has 16 heavy (non-hydrogen) atoms. The molecule has 0 bridgehead atoms. The average molecular weight is 214 g/mol. The maximum absolute atomic E-state index is 5.78. The predicted octanol–water partition coefficient (Wildman–Crippen LogP) is 2.65. The van der Waals surface area contributed by atoms with Crippen molar-refractivity contribution in [1.82, 2.24) is 4.98 Å². The van der Waals surface area contributed by atoms with E-state index in [1.807, 2.05) is 37.3 Å². The van der Waals surface area contributed by atoms with Gasteiger partial charge in [0.05, 0.1) is 12.8 Å². The third kappa shape index (κ3) is 1.84. The number of pyridine rings is 1. The van der Waals surface area contributed by atoms with Gasteiger partial charge in [-0.05, 0) is 30.7 Å². The number of methoxy groups -OCH3 is 1. The van der Waals surface area contributed by atoms with Crippen LogP contribution < -0.4 is 10.5 Å². The van der Waals surface area contributed by atoms with Crippen molar-refractivity contribution >= 4 is 5.69 Å². The Labute approximate surface area is 94.9 Å². The summed E-state index contributed by atoms with van der Waals surface area (Å²) in [7, 11) is 1.62. The van der Waals surface area contributed by atoms with Gasteiger partial charge in [0.1, 0.15) is 5.75 Å². The third-order valence-electron chi connectivity index (χ3n) is 2.55. The van der Waals surface area contributed by atoms with E-state index >= 15 is 0 Å². The van der Waals surface area contributed by atoms with Crippen molar-refractivity contribution in [1.29, 1.82) is 0 Å². The lowest BCUT2D eigenvalue weighted by Gasteiger charge is -2.09. The van der Waals surface area contributed by atoms with Crippen LogP contribution in [-0.2, 0) is 0 Å². The van der Waals surface area contributed by atoms with Crippen LogP contribution in [-0.4, -0.2) is 12.1 Å². The molecule has 2 rings (SSSR count). The van der Waals surface area contributed by atoms with Gasteiger partial charge in [-0.1, -0.05) is 12.1 Å². The zero-order valence-electron chi connectivity index (χ0n) is 9.40. The van der Waals surface area contributed by atoms with E-state index in [9.17, 15) is 0 Å². The summed E-state index contributed by atoms with van der Waals surface area (Å²) in [6.45, 7) is 1.98. The monoisotopic (exact) mass is 214 g/mol. The fraction of sp³-hybridized carbons (Fsp3) is 0.154. The molecule has 2 N–H and O–H groups in total. The van der Waals surface area contributed by atoms with Crippen LogP contribution >= 0.6 is 0 Å². The highest BCUT2D eigenvalue weighted by atomic mass is 16.5. The number of rotatable bonds is 2. The molecule has 0 spiro atoms. The van der Waals surface area contributed by atoms with E-state index in [0.717, 1.165) is 16.8 Å². The molecule has 2 aromatic rings. The Hall–Kier alpha value is -2.03. The maximum atomic E-state index is 5.78. The summed E-state index contributed by atoms with van der Waals surface area (Å²) in [4.78, 5) is 4.26. The molecule has 3 heteroatoms. The Kier molecular flexibility index (Phi) is 2.77. The molecule has 0 radical (unpaired) electrons. The molecule has 1 heterocycles. The fourth-order valence-corrected chi connectivity index (χ4v) is 1.67. The van der Waals surface area contributed by atoms with Gasteiger partial charge in [0, 0.05) is 17.5 Å². The van der Waals surface area contributed by atoms with Crippen LogP contribution in [0.25, 0.3) is 11.1 Å². The Morgan fingerprint density at radius 2 is 2.06 bits per heavy atom. The second-order valence-corrected chi connectivity index (χ2v) is 3.59. The van der Waals surface area contributed by atoms with Crippen LogP contribution in [0.15, 0.2) is 36.5 Å². The van der Waals surface area contributed by atoms with Crippen LogP contribution in [0.2, 0.25) is 0 Å². The minimum atomic E-state index is 0.646. The van der Waals surface area contributed by atoms with Crippen LogP contribution in [0.1, 0.15) is 5.69 Å². The standard InChI is InChI=1S/C13H14N2O/c1-9-11(4-3-7-15-9)10-5-6-12(14)13(8-10)16-2/h3-8H,14H2,1-2H3. The van der Waals surface area contributed by atoms with E-state index in [4.69, 9.17) is 10.5 Å². The van der Waals surface area contributed by atoms with Crippen molar-refractivity contribution in [3.05, 3.63) is 42.2 Å². The number of nitrogens with zero attached hydrogens (tertiary/aromatic N) is 1. The number of hydrogen-bond acceptors (Lipinski definition) is 3. The largest absolute Gasteiger partial charge is 0.495 e. The number of nitrogens with two attached hydrogens (primary N) is 1. The first kappa shape index (κ1) is 10.5. The van der Waals surface area contributed by atoms with E-state index in [1.54, 1.807) is 13.3 Å². The van der Waals surface area contributed by atoms with Gasteiger partial charge in [-0.3, -0.25) is 4.98 Å². The molecule has 82 valence electrons. The Morgan fingerprint density at radius 1 is 1.25 bits per heavy atom. The smallest absolute Gasteiger partial charge is 0.142 e. The molecule has 1 aromatic heterocycles. The molecule has 0 unspecified atom stereocenters. The predicted molar refractivity (Wildman–Crippen MR) is 65.4 cm³/mol. The number of aromatic nitrogens is 1. The average Bonchev–Trinajstić information content (AvgIpc) is 2.31. The van der Waals surface area contributed by atoms with Crippen LogP contribution in [0.4, 0.5) is 5.69 Å². The highest BCUT2D eigenvalue weighted by Gasteiger charge is 2.05. The molecule has 0 saturated heterocycles. The summed E-state index contributed by atoms with van der Waals surface area (Å²) < 4.78 is 5.20. The lowest BCUT2D eigenvalue weighted by molar-refractivity contribution is 0.417. The molecule has 0 atom stereocenters. The van der Waals surface area contributed by atoms with Crippen molar-refractivity contribution in [3.8, 4) is 16.9 Å². The summed E-state index contributed by atoms with van der Waals surface area (Å²) in [6.07, 6.45) is 1.79. The van der Waals surface area contributed by atoms with Crippen LogP contribution in [0.5, 0.6) is 5.75 Å². The third-order valence-corrected chi connectivity index (χ3v) is 2.55. The highest BCUT2D eigenvalue weighted by molar-refractivity contribution is 5.71. The van der Waals surface area contributed by atoms with Crippen molar-refractivity contribution in [2.75, 3.05) is 12.8 Å². The van der Waals surface area contributed by atoms with E-state index in [2.05, 4.69) is 4.98 Å². The van der Waals surface area contributed by atoms with Crippen molar-refractivity contribution in [2.45, 2.75) is 6.92 Å². The van der Waals surface area contributed by atoms with Gasteiger partial charge in [0.2, 0.25) is 0 Å². The normalized spacial score (nSPS) is 10.1. The van der Waals surface area contributed by atoms with E-state index in [-0.39, 0.29) is 0 Å². The lowest BCUT2D eigenvalue weighted by atomic mass is 10.0. The maximum Gasteiger partial charge on any atom is 0.142 e. The molecule has 0 aliphatic rings. The first-order valence-electron chi connectivity index (χ1n) is 5.08. The second kappa shape index (κ2) is 4.23. The second-order valence-electron chi connectivity index (χ2n) is 3.59. The van der Waals surface area contributed by atoms with Crippen LogP contribution in [0, 0.1) is 6.92 Å².